The second-order valence-corrected chi connectivity index (χ2v) is 5.51. The summed E-state index contributed by atoms with van der Waals surface area (Å²) in [6.45, 7) is 1.72. The SMILES string of the molecule is CNC(=O)C1CCCN(c2ccnc3cc(N)ccc23)C1. The molecule has 0 spiro atoms. The van der Waals surface area contributed by atoms with Gasteiger partial charge in [0.25, 0.3) is 0 Å². The van der Waals surface area contributed by atoms with E-state index in [4.69, 9.17) is 5.73 Å². The maximum Gasteiger partial charge on any atom is 0.224 e. The predicted octanol–water partition coefficient (Wildman–Crippen LogP) is 1.78. The first-order valence-electron chi connectivity index (χ1n) is 7.30. The Hall–Kier alpha value is -2.30. The number of benzene rings is 1. The highest BCUT2D eigenvalue weighted by molar-refractivity contribution is 5.93. The molecule has 1 fully saturated rings. The first-order valence-corrected chi connectivity index (χ1v) is 7.30. The highest BCUT2D eigenvalue weighted by atomic mass is 16.1. The number of aromatic nitrogens is 1. The minimum Gasteiger partial charge on any atom is -0.399 e. The minimum absolute atomic E-state index is 0.0562. The first kappa shape index (κ1) is 13.7. The third-order valence-electron chi connectivity index (χ3n) is 4.12. The van der Waals surface area contributed by atoms with Crippen LogP contribution in [0.25, 0.3) is 10.9 Å². The Kier molecular flexibility index (Phi) is 3.64. The van der Waals surface area contributed by atoms with Gasteiger partial charge in [0.15, 0.2) is 0 Å². The number of rotatable bonds is 2. The van der Waals surface area contributed by atoms with Crippen molar-refractivity contribution < 1.29 is 4.79 Å². The molecule has 0 saturated carbocycles. The van der Waals surface area contributed by atoms with E-state index in [9.17, 15) is 4.79 Å². The number of anilines is 2. The fourth-order valence-electron chi connectivity index (χ4n) is 3.04. The van der Waals surface area contributed by atoms with E-state index in [1.54, 1.807) is 13.2 Å². The molecule has 1 aliphatic rings. The zero-order chi connectivity index (χ0) is 14.8. The number of piperidine rings is 1. The molecular weight excluding hydrogens is 264 g/mol. The van der Waals surface area contributed by atoms with Crippen LogP contribution in [0, 0.1) is 5.92 Å². The van der Waals surface area contributed by atoms with Gasteiger partial charge in [0.2, 0.25) is 5.91 Å². The van der Waals surface area contributed by atoms with Gasteiger partial charge in [-0.15, -0.1) is 0 Å². The third-order valence-corrected chi connectivity index (χ3v) is 4.12. The van der Waals surface area contributed by atoms with Gasteiger partial charge in [-0.05, 0) is 37.1 Å². The van der Waals surface area contributed by atoms with Gasteiger partial charge in [0, 0.05) is 43.1 Å². The number of nitrogens with one attached hydrogen (secondary N) is 1. The molecule has 0 radical (unpaired) electrons. The van der Waals surface area contributed by atoms with E-state index in [0.29, 0.717) is 5.69 Å². The third kappa shape index (κ3) is 2.63. The smallest absolute Gasteiger partial charge is 0.224 e. The van der Waals surface area contributed by atoms with Crippen molar-refractivity contribution in [3.05, 3.63) is 30.5 Å². The maximum atomic E-state index is 11.9. The fraction of sp³-hybridized carbons (Fsp3) is 0.375. The molecule has 1 amide bonds. The van der Waals surface area contributed by atoms with E-state index in [1.165, 1.54) is 0 Å². The summed E-state index contributed by atoms with van der Waals surface area (Å²) >= 11 is 0. The highest BCUT2D eigenvalue weighted by Crippen LogP contribution is 2.30. The fourth-order valence-corrected chi connectivity index (χ4v) is 3.04. The molecule has 2 heterocycles. The van der Waals surface area contributed by atoms with Crippen LogP contribution in [0.3, 0.4) is 0 Å². The van der Waals surface area contributed by atoms with E-state index in [0.717, 1.165) is 42.5 Å². The molecule has 21 heavy (non-hydrogen) atoms. The Bertz CT molecular complexity index is 670. The number of fused-ring (bicyclic) bond motifs is 1. The maximum absolute atomic E-state index is 11.9. The van der Waals surface area contributed by atoms with Gasteiger partial charge >= 0.3 is 0 Å². The highest BCUT2D eigenvalue weighted by Gasteiger charge is 2.26. The first-order chi connectivity index (χ1) is 10.2. The lowest BCUT2D eigenvalue weighted by molar-refractivity contribution is -0.124. The number of nitrogen functional groups attached to an aromatic ring is 1. The van der Waals surface area contributed by atoms with E-state index in [1.807, 2.05) is 24.3 Å². The van der Waals surface area contributed by atoms with Gasteiger partial charge in [-0.25, -0.2) is 0 Å². The van der Waals surface area contributed by atoms with Gasteiger partial charge in [0.05, 0.1) is 11.4 Å². The van der Waals surface area contributed by atoms with E-state index < -0.39 is 0 Å². The molecule has 1 aromatic heterocycles. The zero-order valence-electron chi connectivity index (χ0n) is 12.2. The average Bonchev–Trinajstić information content (AvgIpc) is 2.53. The number of nitrogens with zero attached hydrogens (tertiary/aromatic N) is 2. The summed E-state index contributed by atoms with van der Waals surface area (Å²) < 4.78 is 0. The van der Waals surface area contributed by atoms with Gasteiger partial charge in [-0.1, -0.05) is 0 Å². The molecule has 3 rings (SSSR count). The lowest BCUT2D eigenvalue weighted by Crippen LogP contribution is -2.42. The summed E-state index contributed by atoms with van der Waals surface area (Å²) in [5.74, 6) is 0.183. The Morgan fingerprint density at radius 2 is 2.29 bits per heavy atom. The van der Waals surface area contributed by atoms with Crippen molar-refractivity contribution in [3.8, 4) is 0 Å². The second kappa shape index (κ2) is 5.60. The lowest BCUT2D eigenvalue weighted by Gasteiger charge is -2.34. The Labute approximate surface area is 124 Å². The van der Waals surface area contributed by atoms with Crippen molar-refractivity contribution in [2.75, 3.05) is 30.8 Å². The lowest BCUT2D eigenvalue weighted by atomic mass is 9.96. The molecule has 2 aromatic rings. The van der Waals surface area contributed by atoms with E-state index in [-0.39, 0.29) is 11.8 Å². The molecule has 1 aliphatic heterocycles. The summed E-state index contributed by atoms with van der Waals surface area (Å²) in [5, 5.41) is 3.84. The van der Waals surface area contributed by atoms with Crippen LogP contribution in [0.15, 0.2) is 30.5 Å². The van der Waals surface area contributed by atoms with Crippen molar-refractivity contribution >= 4 is 28.2 Å². The van der Waals surface area contributed by atoms with Crippen molar-refractivity contribution in [2.45, 2.75) is 12.8 Å². The summed E-state index contributed by atoms with van der Waals surface area (Å²) in [7, 11) is 1.70. The number of carbonyl (C=O) groups excluding carboxylic acids is 1. The van der Waals surface area contributed by atoms with Crippen molar-refractivity contribution in [1.29, 1.82) is 0 Å². The topological polar surface area (TPSA) is 71.2 Å². The number of amides is 1. The van der Waals surface area contributed by atoms with Crippen LogP contribution in [0.4, 0.5) is 11.4 Å². The Balaban J connectivity index is 1.94. The zero-order valence-corrected chi connectivity index (χ0v) is 12.2. The molecule has 1 saturated heterocycles. The van der Waals surface area contributed by atoms with E-state index >= 15 is 0 Å². The second-order valence-electron chi connectivity index (χ2n) is 5.51. The van der Waals surface area contributed by atoms with Gasteiger partial charge in [-0.3, -0.25) is 9.78 Å². The molecule has 5 heteroatoms. The van der Waals surface area contributed by atoms with Gasteiger partial charge < -0.3 is 16.0 Å². The molecule has 1 aromatic carbocycles. The summed E-state index contributed by atoms with van der Waals surface area (Å²) in [6, 6.07) is 7.81. The van der Waals surface area contributed by atoms with Gasteiger partial charge in [-0.2, -0.15) is 0 Å². The number of nitrogens with two attached hydrogens (primary N) is 1. The normalized spacial score (nSPS) is 18.7. The van der Waals surface area contributed by atoms with Crippen LogP contribution in [-0.4, -0.2) is 31.0 Å². The molecule has 0 aliphatic carbocycles. The molecule has 3 N–H and O–H groups in total. The molecule has 5 nitrogen and oxygen atoms in total. The molecule has 110 valence electrons. The van der Waals surface area contributed by atoms with Crippen molar-refractivity contribution in [1.82, 2.24) is 10.3 Å². The molecule has 1 unspecified atom stereocenters. The Morgan fingerprint density at radius 1 is 1.43 bits per heavy atom. The molecular formula is C16H20N4O. The average molecular weight is 284 g/mol. The Morgan fingerprint density at radius 3 is 3.10 bits per heavy atom. The van der Waals surface area contributed by atoms with Crippen LogP contribution in [0.1, 0.15) is 12.8 Å². The molecule has 0 bridgehead atoms. The van der Waals surface area contributed by atoms with Crippen LogP contribution in [0.2, 0.25) is 0 Å². The van der Waals surface area contributed by atoms with Crippen molar-refractivity contribution in [2.24, 2.45) is 5.92 Å². The standard InChI is InChI=1S/C16H20N4O/c1-18-16(21)11-3-2-8-20(10-11)15-6-7-19-14-9-12(17)4-5-13(14)15/h4-7,9,11H,2-3,8,10,17H2,1H3,(H,18,21). The molecule has 1 atom stereocenters. The van der Waals surface area contributed by atoms with Crippen LogP contribution in [0.5, 0.6) is 0 Å². The quantitative estimate of drug-likeness (QED) is 0.825. The monoisotopic (exact) mass is 284 g/mol. The number of pyridine rings is 1. The summed E-state index contributed by atoms with van der Waals surface area (Å²) in [6.07, 6.45) is 3.78. The van der Waals surface area contributed by atoms with Gasteiger partial charge in [0.1, 0.15) is 0 Å². The number of hydrogen-bond donors (Lipinski definition) is 2. The van der Waals surface area contributed by atoms with E-state index in [2.05, 4.69) is 15.2 Å². The summed E-state index contributed by atoms with van der Waals surface area (Å²) in [5.41, 5.74) is 8.57. The van der Waals surface area contributed by atoms with Crippen LogP contribution in [-0.2, 0) is 4.79 Å². The van der Waals surface area contributed by atoms with Crippen molar-refractivity contribution in [3.63, 3.8) is 0 Å². The minimum atomic E-state index is 0.0562. The largest absolute Gasteiger partial charge is 0.399 e. The number of hydrogen-bond acceptors (Lipinski definition) is 4. The summed E-state index contributed by atoms with van der Waals surface area (Å²) in [4.78, 5) is 18.5. The number of carbonyl (C=O) groups is 1. The van der Waals surface area contributed by atoms with Crippen LogP contribution >= 0.6 is 0 Å². The van der Waals surface area contributed by atoms with Crippen LogP contribution < -0.4 is 16.0 Å². The predicted molar refractivity (Wildman–Crippen MR) is 85.2 cm³/mol.